The summed E-state index contributed by atoms with van der Waals surface area (Å²) in [6, 6.07) is 7.61. The smallest absolute Gasteiger partial charge is 0.0625 e. The molecule has 0 radical (unpaired) electrons. The molecule has 0 aliphatic carbocycles. The number of nitrogens with two attached hydrogens (primary N) is 2. The van der Waals surface area contributed by atoms with Gasteiger partial charge in [0.15, 0.2) is 0 Å². The summed E-state index contributed by atoms with van der Waals surface area (Å²) in [7, 11) is 0. The largest absolute Gasteiger partial charge is 0.403 e. The van der Waals surface area contributed by atoms with Crippen LogP contribution in [0, 0.1) is 12.3 Å². The number of nitrogens with zero attached hydrogens (tertiary/aromatic N) is 1. The molecule has 0 bridgehead atoms. The van der Waals surface area contributed by atoms with Crippen molar-refractivity contribution in [2.24, 2.45) is 5.73 Å². The summed E-state index contributed by atoms with van der Waals surface area (Å²) >= 11 is 5.96. The Kier molecular flexibility index (Phi) is 3.88. The second kappa shape index (κ2) is 5.60. The molecule has 2 aromatic rings. The molecule has 0 fully saturated rings. The molecule has 0 saturated heterocycles. The van der Waals surface area contributed by atoms with Crippen LogP contribution >= 0.6 is 11.6 Å². The van der Waals surface area contributed by atoms with Gasteiger partial charge in [0.2, 0.25) is 0 Å². The van der Waals surface area contributed by atoms with Crippen molar-refractivity contribution in [2.75, 3.05) is 5.84 Å². The zero-order valence-electron chi connectivity index (χ0n) is 10.8. The molecule has 0 spiro atoms. The molecule has 0 aliphatic heterocycles. The van der Waals surface area contributed by atoms with E-state index in [1.54, 1.807) is 12.3 Å². The van der Waals surface area contributed by atoms with Crippen LogP contribution in [0.5, 0.6) is 0 Å². The van der Waals surface area contributed by atoms with E-state index in [0.29, 0.717) is 10.4 Å². The highest BCUT2D eigenvalue weighted by Gasteiger charge is 2.05. The van der Waals surface area contributed by atoms with E-state index in [4.69, 9.17) is 29.6 Å². The molecule has 0 saturated carbocycles. The lowest BCUT2D eigenvalue weighted by atomic mass is 10.1. The van der Waals surface area contributed by atoms with E-state index in [-0.39, 0.29) is 0 Å². The maximum absolute atomic E-state index is 5.96. The first-order valence-corrected chi connectivity index (χ1v) is 6.26. The van der Waals surface area contributed by atoms with Gasteiger partial charge in [-0.15, -0.1) is 6.42 Å². The lowest BCUT2D eigenvalue weighted by Gasteiger charge is -1.99. The molecule has 1 aromatic heterocycles. The number of benzene rings is 1. The Hall–Kier alpha value is -2.57. The average Bonchev–Trinajstić information content (AvgIpc) is 2.75. The SMILES string of the molecule is C#Cc1ccc(-c2cn(N)c(=C)/c2=C\C(Cl)=C/N)cc1. The fourth-order valence-corrected chi connectivity index (χ4v) is 2.01. The van der Waals surface area contributed by atoms with E-state index in [1.165, 1.54) is 10.9 Å². The third-order valence-corrected chi connectivity index (χ3v) is 3.22. The second-order valence-corrected chi connectivity index (χ2v) is 4.66. The lowest BCUT2D eigenvalue weighted by molar-refractivity contribution is 0.976. The van der Waals surface area contributed by atoms with E-state index in [2.05, 4.69) is 12.5 Å². The van der Waals surface area contributed by atoms with E-state index in [1.807, 2.05) is 24.3 Å². The number of aromatic nitrogens is 1. The summed E-state index contributed by atoms with van der Waals surface area (Å²) in [5, 5.41) is 1.90. The number of hydrogen-bond donors (Lipinski definition) is 2. The molecule has 2 rings (SSSR count). The highest BCUT2D eigenvalue weighted by molar-refractivity contribution is 6.33. The summed E-state index contributed by atoms with van der Waals surface area (Å²) in [4.78, 5) is 0. The Morgan fingerprint density at radius 1 is 1.35 bits per heavy atom. The topological polar surface area (TPSA) is 57.0 Å². The molecular formula is C16H14ClN3. The Balaban J connectivity index is 2.69. The van der Waals surface area contributed by atoms with Gasteiger partial charge >= 0.3 is 0 Å². The minimum atomic E-state index is 0.419. The van der Waals surface area contributed by atoms with Gasteiger partial charge < -0.3 is 11.6 Å². The number of hydrogen-bond acceptors (Lipinski definition) is 2. The molecule has 4 N–H and O–H groups in total. The predicted octanol–water partition coefficient (Wildman–Crippen LogP) is 1.08. The second-order valence-electron chi connectivity index (χ2n) is 4.23. The van der Waals surface area contributed by atoms with Crippen molar-refractivity contribution in [3.8, 4) is 23.5 Å². The van der Waals surface area contributed by atoms with E-state index < -0.39 is 0 Å². The molecule has 0 atom stereocenters. The number of nitrogen functional groups attached to an aromatic ring is 1. The molecule has 100 valence electrons. The molecule has 0 amide bonds. The van der Waals surface area contributed by atoms with Crippen molar-refractivity contribution in [1.29, 1.82) is 0 Å². The van der Waals surface area contributed by atoms with E-state index >= 15 is 0 Å². The van der Waals surface area contributed by atoms with Gasteiger partial charge in [-0.25, -0.2) is 0 Å². The van der Waals surface area contributed by atoms with Gasteiger partial charge in [0.05, 0.1) is 10.4 Å². The summed E-state index contributed by atoms with van der Waals surface area (Å²) in [5.41, 5.74) is 8.11. The highest BCUT2D eigenvalue weighted by atomic mass is 35.5. The quantitative estimate of drug-likeness (QED) is 0.640. The minimum Gasteiger partial charge on any atom is -0.403 e. The van der Waals surface area contributed by atoms with Crippen molar-refractivity contribution in [3.63, 3.8) is 0 Å². The number of terminal acetylenes is 1. The third kappa shape index (κ3) is 2.56. The minimum absolute atomic E-state index is 0.419. The first-order valence-electron chi connectivity index (χ1n) is 5.88. The monoisotopic (exact) mass is 283 g/mol. The van der Waals surface area contributed by atoms with Crippen LogP contribution in [0.4, 0.5) is 0 Å². The summed E-state index contributed by atoms with van der Waals surface area (Å²) in [6.45, 7) is 3.93. The molecule has 4 heteroatoms. The molecule has 3 nitrogen and oxygen atoms in total. The van der Waals surface area contributed by atoms with Gasteiger partial charge in [-0.05, 0) is 23.8 Å². The summed E-state index contributed by atoms with van der Waals surface area (Å²) in [6.07, 6.45) is 10.2. The predicted molar refractivity (Wildman–Crippen MR) is 85.3 cm³/mol. The van der Waals surface area contributed by atoms with Crippen LogP contribution in [-0.4, -0.2) is 4.68 Å². The molecular weight excluding hydrogens is 270 g/mol. The van der Waals surface area contributed by atoms with E-state index in [0.717, 1.165) is 21.9 Å². The van der Waals surface area contributed by atoms with Crippen molar-refractivity contribution in [2.45, 2.75) is 0 Å². The van der Waals surface area contributed by atoms with Crippen LogP contribution in [-0.2, 0) is 0 Å². The van der Waals surface area contributed by atoms with Crippen LogP contribution in [0.15, 0.2) is 41.7 Å². The van der Waals surface area contributed by atoms with Crippen LogP contribution < -0.4 is 22.1 Å². The van der Waals surface area contributed by atoms with Crippen LogP contribution in [0.25, 0.3) is 23.8 Å². The van der Waals surface area contributed by atoms with Crippen LogP contribution in [0.3, 0.4) is 0 Å². The Labute approximate surface area is 122 Å². The Bertz CT molecular complexity index is 805. The Morgan fingerprint density at radius 2 is 2.00 bits per heavy atom. The van der Waals surface area contributed by atoms with Crippen molar-refractivity contribution >= 4 is 24.3 Å². The van der Waals surface area contributed by atoms with Gasteiger partial charge in [0.25, 0.3) is 0 Å². The zero-order chi connectivity index (χ0) is 14.7. The van der Waals surface area contributed by atoms with Crippen LogP contribution in [0.2, 0.25) is 0 Å². The van der Waals surface area contributed by atoms with Crippen molar-refractivity contribution in [1.82, 2.24) is 4.68 Å². The van der Waals surface area contributed by atoms with E-state index in [9.17, 15) is 0 Å². The maximum Gasteiger partial charge on any atom is 0.0625 e. The molecule has 1 heterocycles. The Morgan fingerprint density at radius 3 is 2.55 bits per heavy atom. The van der Waals surface area contributed by atoms with Crippen LogP contribution in [0.1, 0.15) is 5.56 Å². The maximum atomic E-state index is 5.96. The van der Waals surface area contributed by atoms with Gasteiger partial charge in [0, 0.05) is 28.7 Å². The highest BCUT2D eigenvalue weighted by Crippen LogP contribution is 2.15. The van der Waals surface area contributed by atoms with Crippen molar-refractivity contribution < 1.29 is 0 Å². The molecule has 20 heavy (non-hydrogen) atoms. The fraction of sp³-hybridized carbons (Fsp3) is 0. The molecule has 0 aliphatic rings. The number of rotatable bonds is 2. The first-order chi connectivity index (χ1) is 9.56. The zero-order valence-corrected chi connectivity index (χ0v) is 11.6. The standard InChI is InChI=1S/C16H14ClN3/c1-3-12-4-6-13(7-5-12)16-10-20(19)11(2)15(16)8-14(17)9-18/h1,4-10H,2,18-19H2/b14-9+,15-8+. The van der Waals surface area contributed by atoms with Gasteiger partial charge in [-0.1, -0.05) is 36.2 Å². The normalized spacial score (nSPS) is 12.4. The fourth-order valence-electron chi connectivity index (χ4n) is 1.90. The number of halogens is 1. The molecule has 1 aromatic carbocycles. The summed E-state index contributed by atoms with van der Waals surface area (Å²) < 4.78 is 1.46. The number of allylic oxidation sites excluding steroid dienone is 1. The summed E-state index contributed by atoms with van der Waals surface area (Å²) in [5.74, 6) is 8.44. The lowest BCUT2D eigenvalue weighted by Crippen LogP contribution is -2.32. The first kappa shape index (κ1) is 13.9. The van der Waals surface area contributed by atoms with Gasteiger partial charge in [0.1, 0.15) is 0 Å². The van der Waals surface area contributed by atoms with Gasteiger partial charge in [-0.2, -0.15) is 0 Å². The molecule has 0 unspecified atom stereocenters. The van der Waals surface area contributed by atoms with Crippen molar-refractivity contribution in [3.05, 3.63) is 57.8 Å². The van der Waals surface area contributed by atoms with Gasteiger partial charge in [-0.3, -0.25) is 4.68 Å². The third-order valence-electron chi connectivity index (χ3n) is 2.98. The average molecular weight is 284 g/mol.